The molecule has 5 heteroatoms. The number of sulfonamides is 1. The molecule has 1 atom stereocenters. The molecule has 1 aliphatic carbocycles. The topological polar surface area (TPSA) is 49.4 Å². The van der Waals surface area contributed by atoms with Gasteiger partial charge in [0.25, 0.3) is 0 Å². The average molecular weight is 288 g/mol. The molecular formula is C14H28N2O2S. The summed E-state index contributed by atoms with van der Waals surface area (Å²) in [6.45, 7) is 4.27. The molecular weight excluding hydrogens is 260 g/mol. The van der Waals surface area contributed by atoms with Crippen LogP contribution in [0.3, 0.4) is 0 Å². The number of rotatable bonds is 5. The summed E-state index contributed by atoms with van der Waals surface area (Å²) in [6, 6.07) is 0.354. The Kier molecular flexibility index (Phi) is 5.66. The molecule has 1 N–H and O–H groups in total. The van der Waals surface area contributed by atoms with Crippen LogP contribution in [0.2, 0.25) is 0 Å². The van der Waals surface area contributed by atoms with Crippen molar-refractivity contribution >= 4 is 10.0 Å². The first-order chi connectivity index (χ1) is 9.14. The van der Waals surface area contributed by atoms with E-state index >= 15 is 0 Å². The molecule has 1 saturated carbocycles. The first kappa shape index (κ1) is 15.3. The number of nitrogens with zero attached hydrogens (tertiary/aromatic N) is 1. The number of hydrogen-bond donors (Lipinski definition) is 1. The van der Waals surface area contributed by atoms with Gasteiger partial charge in [0.2, 0.25) is 10.0 Å². The van der Waals surface area contributed by atoms with Crippen molar-refractivity contribution in [1.29, 1.82) is 0 Å². The monoisotopic (exact) mass is 288 g/mol. The summed E-state index contributed by atoms with van der Waals surface area (Å²) in [5, 5.41) is 3.33. The standard InChI is InChI=1S/C14H28N2O2S/c1-2-16(12-13-8-6-7-11-15-13)19(17,18)14-9-4-3-5-10-14/h13-15H,2-12H2,1H3. The summed E-state index contributed by atoms with van der Waals surface area (Å²) < 4.78 is 27.1. The molecule has 2 aliphatic rings. The van der Waals surface area contributed by atoms with Crippen LogP contribution in [0.5, 0.6) is 0 Å². The zero-order valence-electron chi connectivity index (χ0n) is 12.1. The first-order valence-electron chi connectivity index (χ1n) is 7.87. The summed E-state index contributed by atoms with van der Waals surface area (Å²) in [5.41, 5.74) is 0. The van der Waals surface area contributed by atoms with E-state index in [1.54, 1.807) is 4.31 Å². The summed E-state index contributed by atoms with van der Waals surface area (Å²) >= 11 is 0. The van der Waals surface area contributed by atoms with Crippen molar-refractivity contribution in [3.63, 3.8) is 0 Å². The van der Waals surface area contributed by atoms with E-state index < -0.39 is 10.0 Å². The van der Waals surface area contributed by atoms with Crippen LogP contribution in [0, 0.1) is 0 Å². The molecule has 0 aromatic heterocycles. The normalized spacial score (nSPS) is 26.7. The van der Waals surface area contributed by atoms with Crippen molar-refractivity contribution in [2.24, 2.45) is 0 Å². The molecule has 0 aromatic carbocycles. The van der Waals surface area contributed by atoms with Crippen molar-refractivity contribution in [3.05, 3.63) is 0 Å². The quantitative estimate of drug-likeness (QED) is 0.843. The highest BCUT2D eigenvalue weighted by Crippen LogP contribution is 2.26. The third-order valence-corrected chi connectivity index (χ3v) is 6.96. The second kappa shape index (κ2) is 7.04. The molecule has 0 aromatic rings. The third kappa shape index (κ3) is 3.92. The van der Waals surface area contributed by atoms with Crippen molar-refractivity contribution in [3.8, 4) is 0 Å². The van der Waals surface area contributed by atoms with Gasteiger partial charge in [0, 0.05) is 19.1 Å². The minimum absolute atomic E-state index is 0.121. The largest absolute Gasteiger partial charge is 0.313 e. The Morgan fingerprint density at radius 1 is 1.05 bits per heavy atom. The van der Waals surface area contributed by atoms with Gasteiger partial charge in [-0.1, -0.05) is 32.6 Å². The van der Waals surface area contributed by atoms with Crippen LogP contribution >= 0.6 is 0 Å². The van der Waals surface area contributed by atoms with Gasteiger partial charge in [-0.25, -0.2) is 12.7 Å². The van der Waals surface area contributed by atoms with Gasteiger partial charge in [0.1, 0.15) is 0 Å². The summed E-state index contributed by atoms with van der Waals surface area (Å²) in [7, 11) is -3.08. The van der Waals surface area contributed by atoms with Gasteiger partial charge in [-0.05, 0) is 32.2 Å². The number of piperidine rings is 1. The second-order valence-corrected chi connectivity index (χ2v) is 8.12. The Balaban J connectivity index is 1.98. The molecule has 0 amide bonds. The molecule has 0 bridgehead atoms. The van der Waals surface area contributed by atoms with Gasteiger partial charge in [0.15, 0.2) is 0 Å². The Bertz CT molecular complexity index is 358. The molecule has 2 rings (SSSR count). The lowest BCUT2D eigenvalue weighted by molar-refractivity contribution is 0.313. The molecule has 1 unspecified atom stereocenters. The SMILES string of the molecule is CCN(CC1CCCCN1)S(=O)(=O)C1CCCCC1. The smallest absolute Gasteiger partial charge is 0.217 e. The summed E-state index contributed by atoms with van der Waals surface area (Å²) in [4.78, 5) is 0. The van der Waals surface area contributed by atoms with E-state index in [4.69, 9.17) is 0 Å². The molecule has 112 valence electrons. The zero-order valence-corrected chi connectivity index (χ0v) is 12.9. The van der Waals surface area contributed by atoms with Crippen LogP contribution in [-0.4, -0.2) is 43.6 Å². The van der Waals surface area contributed by atoms with E-state index in [2.05, 4.69) is 5.32 Å². The van der Waals surface area contributed by atoms with Crippen LogP contribution in [0.1, 0.15) is 58.3 Å². The van der Waals surface area contributed by atoms with Gasteiger partial charge < -0.3 is 5.32 Å². The number of likely N-dealkylation sites (N-methyl/N-ethyl adjacent to an activating group) is 1. The molecule has 2 fully saturated rings. The molecule has 4 nitrogen and oxygen atoms in total. The highest BCUT2D eigenvalue weighted by molar-refractivity contribution is 7.89. The minimum Gasteiger partial charge on any atom is -0.313 e. The maximum atomic E-state index is 12.7. The predicted molar refractivity (Wildman–Crippen MR) is 78.7 cm³/mol. The highest BCUT2D eigenvalue weighted by Gasteiger charge is 2.33. The maximum Gasteiger partial charge on any atom is 0.217 e. The lowest BCUT2D eigenvalue weighted by Crippen LogP contribution is -2.48. The van der Waals surface area contributed by atoms with Crippen molar-refractivity contribution in [1.82, 2.24) is 9.62 Å². The first-order valence-corrected chi connectivity index (χ1v) is 9.37. The average Bonchev–Trinajstić information content (AvgIpc) is 2.46. The van der Waals surface area contributed by atoms with Crippen LogP contribution < -0.4 is 5.32 Å². The van der Waals surface area contributed by atoms with Gasteiger partial charge in [0.05, 0.1) is 5.25 Å². The summed E-state index contributed by atoms with van der Waals surface area (Å²) in [5.74, 6) is 0. The number of hydrogen-bond acceptors (Lipinski definition) is 3. The van der Waals surface area contributed by atoms with E-state index in [0.717, 1.165) is 38.6 Å². The predicted octanol–water partition coefficient (Wildman–Crippen LogP) is 2.11. The van der Waals surface area contributed by atoms with Crippen LogP contribution in [0.25, 0.3) is 0 Å². The molecule has 1 heterocycles. The van der Waals surface area contributed by atoms with Gasteiger partial charge >= 0.3 is 0 Å². The van der Waals surface area contributed by atoms with E-state index in [9.17, 15) is 8.42 Å². The Labute approximate surface area is 118 Å². The molecule has 0 spiro atoms. The fourth-order valence-corrected chi connectivity index (χ4v) is 5.41. The molecule has 0 radical (unpaired) electrons. The Morgan fingerprint density at radius 3 is 2.32 bits per heavy atom. The summed E-state index contributed by atoms with van der Waals surface area (Å²) in [6.07, 6.45) is 8.61. The third-order valence-electron chi connectivity index (χ3n) is 4.52. The van der Waals surface area contributed by atoms with Crippen LogP contribution in [0.15, 0.2) is 0 Å². The number of nitrogens with one attached hydrogen (secondary N) is 1. The fourth-order valence-electron chi connectivity index (χ4n) is 3.31. The van der Waals surface area contributed by atoms with Crippen LogP contribution in [0.4, 0.5) is 0 Å². The van der Waals surface area contributed by atoms with Gasteiger partial charge in [-0.15, -0.1) is 0 Å². The van der Waals surface area contributed by atoms with E-state index in [-0.39, 0.29) is 5.25 Å². The van der Waals surface area contributed by atoms with Crippen LogP contribution in [-0.2, 0) is 10.0 Å². The van der Waals surface area contributed by atoms with Crippen molar-refractivity contribution < 1.29 is 8.42 Å². The van der Waals surface area contributed by atoms with Crippen molar-refractivity contribution in [2.45, 2.75) is 69.6 Å². The molecule has 19 heavy (non-hydrogen) atoms. The zero-order chi connectivity index (χ0) is 13.7. The molecule has 1 aliphatic heterocycles. The van der Waals surface area contributed by atoms with Crippen molar-refractivity contribution in [2.75, 3.05) is 19.6 Å². The lowest BCUT2D eigenvalue weighted by Gasteiger charge is -2.33. The highest BCUT2D eigenvalue weighted by atomic mass is 32.2. The Morgan fingerprint density at radius 2 is 1.74 bits per heavy atom. The molecule has 1 saturated heterocycles. The van der Waals surface area contributed by atoms with Gasteiger partial charge in [-0.2, -0.15) is 0 Å². The maximum absolute atomic E-state index is 12.7. The minimum atomic E-state index is -3.08. The van der Waals surface area contributed by atoms with E-state index in [1.807, 2.05) is 6.92 Å². The Hall–Kier alpha value is -0.130. The second-order valence-electron chi connectivity index (χ2n) is 5.90. The lowest BCUT2D eigenvalue weighted by atomic mass is 10.0. The van der Waals surface area contributed by atoms with E-state index in [1.165, 1.54) is 19.3 Å². The van der Waals surface area contributed by atoms with Gasteiger partial charge in [-0.3, -0.25) is 0 Å². The fraction of sp³-hybridized carbons (Fsp3) is 1.00. The van der Waals surface area contributed by atoms with E-state index in [0.29, 0.717) is 19.1 Å².